The predicted molar refractivity (Wildman–Crippen MR) is 153 cm³/mol. The van der Waals surface area contributed by atoms with Gasteiger partial charge >= 0.3 is 0 Å². The first-order valence-corrected chi connectivity index (χ1v) is 13.4. The van der Waals surface area contributed by atoms with Crippen LogP contribution in [0.3, 0.4) is 0 Å². The summed E-state index contributed by atoms with van der Waals surface area (Å²) in [6.45, 7) is 2.27. The molecule has 11 nitrogen and oxygen atoms in total. The van der Waals surface area contributed by atoms with Crippen molar-refractivity contribution in [2.75, 3.05) is 30.5 Å². The van der Waals surface area contributed by atoms with Crippen molar-refractivity contribution in [3.05, 3.63) is 78.4 Å². The summed E-state index contributed by atoms with van der Waals surface area (Å²) in [5, 5.41) is 14.1. The van der Waals surface area contributed by atoms with Crippen LogP contribution in [0.1, 0.15) is 31.4 Å². The van der Waals surface area contributed by atoms with Crippen molar-refractivity contribution in [1.82, 2.24) is 20.3 Å². The van der Waals surface area contributed by atoms with Crippen molar-refractivity contribution in [2.45, 2.75) is 38.5 Å². The summed E-state index contributed by atoms with van der Waals surface area (Å²) in [6, 6.07) is 20.2. The molecule has 2 heterocycles. The topological polar surface area (TPSA) is 128 Å². The molecule has 5 rings (SSSR count). The Labute approximate surface area is 237 Å². The van der Waals surface area contributed by atoms with Gasteiger partial charge in [-0.25, -0.2) is 4.68 Å². The zero-order chi connectivity index (χ0) is 28.8. The van der Waals surface area contributed by atoms with Gasteiger partial charge in [-0.3, -0.25) is 19.3 Å². The van der Waals surface area contributed by atoms with Crippen molar-refractivity contribution < 1.29 is 23.9 Å². The van der Waals surface area contributed by atoms with Gasteiger partial charge in [0.25, 0.3) is 0 Å². The van der Waals surface area contributed by atoms with E-state index in [0.29, 0.717) is 46.9 Å². The molecule has 212 valence electrons. The van der Waals surface area contributed by atoms with Crippen LogP contribution >= 0.6 is 0 Å². The number of nitrogens with zero attached hydrogens (tertiary/aromatic N) is 4. The highest BCUT2D eigenvalue weighted by Gasteiger charge is 2.34. The molecule has 0 unspecified atom stereocenters. The van der Waals surface area contributed by atoms with Crippen molar-refractivity contribution in [1.29, 1.82) is 0 Å². The minimum atomic E-state index is -1.02. The van der Waals surface area contributed by atoms with E-state index in [9.17, 15) is 14.4 Å². The molecule has 0 spiro atoms. The van der Waals surface area contributed by atoms with Crippen LogP contribution in [-0.4, -0.2) is 59.1 Å². The molecule has 41 heavy (non-hydrogen) atoms. The van der Waals surface area contributed by atoms with E-state index in [1.807, 2.05) is 24.3 Å². The number of rotatable bonds is 10. The normalized spacial score (nSPS) is 15.3. The lowest BCUT2D eigenvalue weighted by Gasteiger charge is -2.32. The second-order valence-corrected chi connectivity index (χ2v) is 9.78. The third kappa shape index (κ3) is 6.52. The maximum absolute atomic E-state index is 14.2. The van der Waals surface area contributed by atoms with Crippen LogP contribution in [-0.2, 0) is 25.7 Å². The first-order chi connectivity index (χ1) is 19.9. The molecule has 4 aromatic rings. The molecule has 1 aliphatic rings. The number of hydrogen-bond acceptors (Lipinski definition) is 7. The molecule has 2 atom stereocenters. The van der Waals surface area contributed by atoms with Crippen LogP contribution in [0.2, 0.25) is 0 Å². The van der Waals surface area contributed by atoms with Crippen LogP contribution in [0, 0.1) is 0 Å². The van der Waals surface area contributed by atoms with Gasteiger partial charge in [0.1, 0.15) is 23.9 Å². The van der Waals surface area contributed by atoms with Gasteiger partial charge in [0.2, 0.25) is 17.7 Å². The minimum Gasteiger partial charge on any atom is -0.497 e. The van der Waals surface area contributed by atoms with Gasteiger partial charge in [0.15, 0.2) is 0 Å². The lowest BCUT2D eigenvalue weighted by molar-refractivity contribution is -0.127. The Hall–Kier alpha value is -4.77. The number of fused-ring (bicyclic) bond motifs is 1. The highest BCUT2D eigenvalue weighted by atomic mass is 16.5. The number of benzene rings is 3. The molecule has 2 N–H and O–H groups in total. The largest absolute Gasteiger partial charge is 0.497 e. The number of aromatic nitrogens is 3. The van der Waals surface area contributed by atoms with Crippen molar-refractivity contribution in [3.63, 3.8) is 0 Å². The van der Waals surface area contributed by atoms with E-state index in [0.717, 1.165) is 12.8 Å². The Bertz CT molecular complexity index is 1510. The van der Waals surface area contributed by atoms with E-state index < -0.39 is 6.04 Å². The molecule has 11 heteroatoms. The number of anilines is 2. The maximum atomic E-state index is 14.2. The fraction of sp³-hybridized carbons (Fsp3) is 0.300. The van der Waals surface area contributed by atoms with Crippen LogP contribution in [0.4, 0.5) is 11.4 Å². The molecule has 0 radical (unpaired) electrons. The predicted octanol–water partition coefficient (Wildman–Crippen LogP) is 3.47. The highest BCUT2D eigenvalue weighted by Crippen LogP contribution is 2.31. The summed E-state index contributed by atoms with van der Waals surface area (Å²) in [6.07, 6.45) is 1.73. The van der Waals surface area contributed by atoms with Gasteiger partial charge in [-0.15, -0.1) is 5.10 Å². The third-order valence-corrected chi connectivity index (χ3v) is 6.91. The van der Waals surface area contributed by atoms with Crippen LogP contribution in [0.15, 0.2) is 72.8 Å². The van der Waals surface area contributed by atoms with E-state index in [4.69, 9.17) is 9.47 Å². The Balaban J connectivity index is 1.54. The van der Waals surface area contributed by atoms with Gasteiger partial charge in [-0.2, -0.15) is 0 Å². The van der Waals surface area contributed by atoms with Crippen LogP contribution < -0.4 is 20.3 Å². The lowest BCUT2D eigenvalue weighted by atomic mass is 10.0. The molecule has 1 aliphatic heterocycles. The lowest BCUT2D eigenvalue weighted by Crippen LogP contribution is -2.46. The number of amides is 3. The standard InChI is InChI=1S/C30H32N6O5/c1-20(37)32-22-11-13-23(14-12-22)36(28(38)19-35-27-8-4-3-7-26(27)33-34-35)29(21-9-15-24(40-2)16-10-21)30(39)31-18-25-6-5-17-41-25/h3-4,7-16,25,29H,5-6,17-19H2,1-2H3,(H,31,39)(H,32,37)/t25-,29+/m1/s1. The molecule has 0 aliphatic carbocycles. The fourth-order valence-electron chi connectivity index (χ4n) is 4.90. The molecule has 1 fully saturated rings. The van der Waals surface area contributed by atoms with Gasteiger partial charge in [-0.05, 0) is 66.9 Å². The first-order valence-electron chi connectivity index (χ1n) is 13.4. The number of ether oxygens (including phenoxy) is 2. The quantitative estimate of drug-likeness (QED) is 0.306. The molecule has 3 amide bonds. The number of methoxy groups -OCH3 is 1. The molecule has 0 saturated carbocycles. The van der Waals surface area contributed by atoms with E-state index >= 15 is 0 Å². The molecule has 0 bridgehead atoms. The van der Waals surface area contributed by atoms with Crippen LogP contribution in [0.5, 0.6) is 5.75 Å². The third-order valence-electron chi connectivity index (χ3n) is 6.91. The summed E-state index contributed by atoms with van der Waals surface area (Å²) >= 11 is 0. The van der Waals surface area contributed by atoms with E-state index in [-0.39, 0.29) is 30.4 Å². The summed E-state index contributed by atoms with van der Waals surface area (Å²) in [7, 11) is 1.57. The summed E-state index contributed by atoms with van der Waals surface area (Å²) in [5.41, 5.74) is 3.00. The zero-order valence-corrected chi connectivity index (χ0v) is 22.9. The average Bonchev–Trinajstić information content (AvgIpc) is 3.65. The van der Waals surface area contributed by atoms with Gasteiger partial charge in [0.05, 0.1) is 18.7 Å². The highest BCUT2D eigenvalue weighted by molar-refractivity contribution is 6.02. The Kier molecular flexibility index (Phi) is 8.54. The van der Waals surface area contributed by atoms with Gasteiger partial charge in [0, 0.05) is 31.5 Å². The summed E-state index contributed by atoms with van der Waals surface area (Å²) in [4.78, 5) is 41.1. The SMILES string of the molecule is COc1ccc([C@@H](C(=O)NC[C@H]2CCCO2)N(C(=O)Cn2nnc3ccccc32)c2ccc(NC(C)=O)cc2)cc1. The molecular formula is C30H32N6O5. The number of para-hydroxylation sites is 1. The summed E-state index contributed by atoms with van der Waals surface area (Å²) < 4.78 is 12.5. The molecular weight excluding hydrogens is 524 g/mol. The van der Waals surface area contributed by atoms with E-state index in [2.05, 4.69) is 20.9 Å². The Morgan fingerprint density at radius 1 is 1.07 bits per heavy atom. The van der Waals surface area contributed by atoms with Gasteiger partial charge in [-0.1, -0.05) is 29.5 Å². The van der Waals surface area contributed by atoms with Crippen molar-refractivity contribution in [2.24, 2.45) is 0 Å². The van der Waals surface area contributed by atoms with Gasteiger partial charge < -0.3 is 20.1 Å². The maximum Gasteiger partial charge on any atom is 0.249 e. The fourth-order valence-corrected chi connectivity index (χ4v) is 4.90. The second kappa shape index (κ2) is 12.6. The molecule has 3 aromatic carbocycles. The van der Waals surface area contributed by atoms with E-state index in [1.54, 1.807) is 55.6 Å². The zero-order valence-electron chi connectivity index (χ0n) is 22.9. The van der Waals surface area contributed by atoms with Crippen LogP contribution in [0.25, 0.3) is 11.0 Å². The minimum absolute atomic E-state index is 0.0712. The Morgan fingerprint density at radius 3 is 2.51 bits per heavy atom. The average molecular weight is 557 g/mol. The van der Waals surface area contributed by atoms with Crippen molar-refractivity contribution in [3.8, 4) is 5.75 Å². The summed E-state index contributed by atoms with van der Waals surface area (Å²) in [5.74, 6) is -0.318. The smallest absolute Gasteiger partial charge is 0.249 e. The number of carbonyl (C=O) groups excluding carboxylic acids is 3. The Morgan fingerprint density at radius 2 is 1.83 bits per heavy atom. The molecule has 1 saturated heterocycles. The monoisotopic (exact) mass is 556 g/mol. The number of carbonyl (C=O) groups is 3. The number of hydrogen-bond donors (Lipinski definition) is 2. The second-order valence-electron chi connectivity index (χ2n) is 9.78. The molecule has 1 aromatic heterocycles. The van der Waals surface area contributed by atoms with E-state index in [1.165, 1.54) is 16.5 Å². The number of nitrogens with one attached hydrogen (secondary N) is 2. The first kappa shape index (κ1) is 27.8. The van der Waals surface area contributed by atoms with Crippen molar-refractivity contribution >= 4 is 40.1 Å².